The molecule has 176 valence electrons. The Balaban J connectivity index is 1.31. The van der Waals surface area contributed by atoms with E-state index >= 15 is 0 Å². The van der Waals surface area contributed by atoms with Crippen LogP contribution >= 0.6 is 0 Å². The van der Waals surface area contributed by atoms with Gasteiger partial charge in [-0.15, -0.1) is 0 Å². The lowest BCUT2D eigenvalue weighted by Crippen LogP contribution is -2.42. The Morgan fingerprint density at radius 2 is 1.65 bits per heavy atom. The van der Waals surface area contributed by atoms with Crippen LogP contribution in [0.4, 0.5) is 5.82 Å². The summed E-state index contributed by atoms with van der Waals surface area (Å²) < 4.78 is 0. The molecule has 1 aromatic heterocycles. The molecule has 6 heteroatoms. The first-order chi connectivity index (χ1) is 16.6. The molecule has 0 saturated carbocycles. The van der Waals surface area contributed by atoms with Gasteiger partial charge in [-0.05, 0) is 49.6 Å². The third kappa shape index (κ3) is 6.51. The van der Waals surface area contributed by atoms with Gasteiger partial charge >= 0.3 is 0 Å². The lowest BCUT2D eigenvalue weighted by Gasteiger charge is -2.32. The number of pyridine rings is 1. The van der Waals surface area contributed by atoms with Crippen LogP contribution in [0.15, 0.2) is 78.9 Å². The zero-order valence-corrected chi connectivity index (χ0v) is 19.6. The first-order valence-electron chi connectivity index (χ1n) is 11.9. The standard InChI is InChI=1S/C28H32N4O2/c1-21-10-8-16-25(29-21)30-28(34)24-15-9-18-32(20-24)19-17-26(33)31-27(22-11-4-2-5-12-22)23-13-6-3-7-14-23/h2-8,10-14,16,24,27H,9,15,17-20H2,1H3,(H,31,33)(H,29,30,34). The third-order valence-corrected chi connectivity index (χ3v) is 6.24. The molecule has 2 heterocycles. The molecule has 2 amide bonds. The Morgan fingerprint density at radius 3 is 2.29 bits per heavy atom. The van der Waals surface area contributed by atoms with Crippen LogP contribution in [-0.4, -0.2) is 41.3 Å². The number of amides is 2. The minimum atomic E-state index is -0.184. The number of aryl methyl sites for hydroxylation is 1. The molecular weight excluding hydrogens is 424 g/mol. The van der Waals surface area contributed by atoms with Gasteiger partial charge in [-0.2, -0.15) is 0 Å². The van der Waals surface area contributed by atoms with Crippen LogP contribution in [-0.2, 0) is 9.59 Å². The number of likely N-dealkylation sites (tertiary alicyclic amines) is 1. The van der Waals surface area contributed by atoms with Crippen molar-refractivity contribution in [3.05, 3.63) is 95.7 Å². The van der Waals surface area contributed by atoms with Gasteiger partial charge in [0.25, 0.3) is 0 Å². The highest BCUT2D eigenvalue weighted by Gasteiger charge is 2.26. The van der Waals surface area contributed by atoms with Crippen molar-refractivity contribution in [3.63, 3.8) is 0 Å². The molecule has 0 bridgehead atoms. The fourth-order valence-corrected chi connectivity index (χ4v) is 4.46. The molecule has 2 N–H and O–H groups in total. The minimum Gasteiger partial charge on any atom is -0.345 e. The second-order valence-electron chi connectivity index (χ2n) is 8.87. The maximum Gasteiger partial charge on any atom is 0.229 e. The summed E-state index contributed by atoms with van der Waals surface area (Å²) in [6.45, 7) is 4.10. The van der Waals surface area contributed by atoms with Crippen molar-refractivity contribution in [2.75, 3.05) is 25.0 Å². The summed E-state index contributed by atoms with van der Waals surface area (Å²) in [7, 11) is 0. The maximum atomic E-state index is 12.9. The van der Waals surface area contributed by atoms with Gasteiger partial charge in [-0.3, -0.25) is 9.59 Å². The molecule has 2 aromatic carbocycles. The van der Waals surface area contributed by atoms with E-state index in [1.54, 1.807) is 0 Å². The third-order valence-electron chi connectivity index (χ3n) is 6.24. The number of nitrogens with zero attached hydrogens (tertiary/aromatic N) is 2. The number of hydrogen-bond donors (Lipinski definition) is 2. The number of aromatic nitrogens is 1. The zero-order chi connectivity index (χ0) is 23.8. The van der Waals surface area contributed by atoms with Gasteiger partial charge in [0.05, 0.1) is 12.0 Å². The summed E-state index contributed by atoms with van der Waals surface area (Å²) in [5, 5.41) is 6.15. The zero-order valence-electron chi connectivity index (χ0n) is 19.6. The molecule has 1 unspecified atom stereocenters. The van der Waals surface area contributed by atoms with E-state index in [2.05, 4.69) is 20.5 Å². The molecule has 1 saturated heterocycles. The number of benzene rings is 2. The van der Waals surface area contributed by atoms with Gasteiger partial charge in [0.1, 0.15) is 5.82 Å². The molecule has 1 atom stereocenters. The molecule has 1 aliphatic rings. The average Bonchev–Trinajstić information content (AvgIpc) is 2.87. The average molecular weight is 457 g/mol. The lowest BCUT2D eigenvalue weighted by molar-refractivity contribution is -0.122. The van der Waals surface area contributed by atoms with Gasteiger partial charge < -0.3 is 15.5 Å². The molecule has 6 nitrogen and oxygen atoms in total. The fourth-order valence-electron chi connectivity index (χ4n) is 4.46. The molecule has 1 fully saturated rings. The predicted octanol–water partition coefficient (Wildman–Crippen LogP) is 4.34. The van der Waals surface area contributed by atoms with E-state index in [9.17, 15) is 9.59 Å². The Hall–Kier alpha value is -3.51. The second kappa shape index (κ2) is 11.6. The molecule has 0 aliphatic carbocycles. The summed E-state index contributed by atoms with van der Waals surface area (Å²) in [4.78, 5) is 32.3. The second-order valence-corrected chi connectivity index (χ2v) is 8.87. The van der Waals surface area contributed by atoms with E-state index in [4.69, 9.17) is 0 Å². The number of piperidine rings is 1. The molecule has 4 rings (SSSR count). The molecular formula is C28H32N4O2. The summed E-state index contributed by atoms with van der Waals surface area (Å²) in [5.41, 5.74) is 2.99. The topological polar surface area (TPSA) is 74.3 Å². The minimum absolute atomic E-state index is 0.000436. The smallest absolute Gasteiger partial charge is 0.229 e. The fraction of sp³-hybridized carbons (Fsp3) is 0.321. The van der Waals surface area contributed by atoms with Crippen molar-refractivity contribution in [3.8, 4) is 0 Å². The molecule has 0 radical (unpaired) electrons. The number of rotatable bonds is 8. The van der Waals surface area contributed by atoms with E-state index in [1.807, 2.05) is 85.8 Å². The molecule has 3 aromatic rings. The Bertz CT molecular complexity index is 1050. The number of carbonyl (C=O) groups excluding carboxylic acids is 2. The summed E-state index contributed by atoms with van der Waals surface area (Å²) in [6.07, 6.45) is 2.19. The van der Waals surface area contributed by atoms with Crippen LogP contribution in [0.1, 0.15) is 42.1 Å². The normalized spacial score (nSPS) is 16.2. The molecule has 34 heavy (non-hydrogen) atoms. The highest BCUT2D eigenvalue weighted by atomic mass is 16.2. The highest BCUT2D eigenvalue weighted by Crippen LogP contribution is 2.22. The van der Waals surface area contributed by atoms with E-state index in [0.29, 0.717) is 25.3 Å². The van der Waals surface area contributed by atoms with Crippen molar-refractivity contribution in [1.82, 2.24) is 15.2 Å². The van der Waals surface area contributed by atoms with Crippen molar-refractivity contribution >= 4 is 17.6 Å². The number of anilines is 1. The van der Waals surface area contributed by atoms with Crippen LogP contribution in [0.2, 0.25) is 0 Å². The lowest BCUT2D eigenvalue weighted by atomic mass is 9.96. The van der Waals surface area contributed by atoms with Gasteiger partial charge in [-0.1, -0.05) is 66.7 Å². The largest absolute Gasteiger partial charge is 0.345 e. The predicted molar refractivity (Wildman–Crippen MR) is 134 cm³/mol. The van der Waals surface area contributed by atoms with Gasteiger partial charge in [0, 0.05) is 25.2 Å². The quantitative estimate of drug-likeness (QED) is 0.529. The van der Waals surface area contributed by atoms with Crippen molar-refractivity contribution in [1.29, 1.82) is 0 Å². The Morgan fingerprint density at radius 1 is 0.971 bits per heavy atom. The van der Waals surface area contributed by atoms with Gasteiger partial charge in [0.15, 0.2) is 0 Å². The first-order valence-corrected chi connectivity index (χ1v) is 11.9. The number of nitrogens with one attached hydrogen (secondary N) is 2. The Kier molecular flexibility index (Phi) is 8.04. The summed E-state index contributed by atoms with van der Waals surface area (Å²) in [5.74, 6) is 0.503. The monoisotopic (exact) mass is 456 g/mol. The van der Waals surface area contributed by atoms with E-state index < -0.39 is 0 Å². The van der Waals surface area contributed by atoms with Crippen LogP contribution in [0.3, 0.4) is 0 Å². The van der Waals surface area contributed by atoms with Crippen LogP contribution < -0.4 is 10.6 Å². The van der Waals surface area contributed by atoms with Crippen molar-refractivity contribution < 1.29 is 9.59 Å². The first kappa shape index (κ1) is 23.6. The van der Waals surface area contributed by atoms with Crippen LogP contribution in [0.25, 0.3) is 0 Å². The van der Waals surface area contributed by atoms with Crippen LogP contribution in [0.5, 0.6) is 0 Å². The summed E-state index contributed by atoms with van der Waals surface area (Å²) in [6, 6.07) is 25.5. The number of carbonyl (C=O) groups is 2. The van der Waals surface area contributed by atoms with E-state index in [-0.39, 0.29) is 23.8 Å². The van der Waals surface area contributed by atoms with E-state index in [0.717, 1.165) is 36.2 Å². The molecule has 1 aliphatic heterocycles. The van der Waals surface area contributed by atoms with Crippen molar-refractivity contribution in [2.45, 2.75) is 32.2 Å². The SMILES string of the molecule is Cc1cccc(NC(=O)C2CCCN(CCC(=O)NC(c3ccccc3)c3ccccc3)C2)n1. The van der Waals surface area contributed by atoms with E-state index in [1.165, 1.54) is 0 Å². The van der Waals surface area contributed by atoms with Gasteiger partial charge in [0.2, 0.25) is 11.8 Å². The maximum absolute atomic E-state index is 12.9. The Labute approximate surface area is 201 Å². The molecule has 0 spiro atoms. The van der Waals surface area contributed by atoms with Crippen LogP contribution in [0, 0.1) is 12.8 Å². The van der Waals surface area contributed by atoms with Crippen molar-refractivity contribution in [2.24, 2.45) is 5.92 Å². The van der Waals surface area contributed by atoms with Gasteiger partial charge in [-0.25, -0.2) is 4.98 Å². The number of hydrogen-bond acceptors (Lipinski definition) is 4. The summed E-state index contributed by atoms with van der Waals surface area (Å²) >= 11 is 0. The highest BCUT2D eigenvalue weighted by molar-refractivity contribution is 5.91.